The van der Waals surface area contributed by atoms with Crippen molar-refractivity contribution < 1.29 is 64.0 Å². The molecule has 9 aromatic carbocycles. The number of esters is 2. The Morgan fingerprint density at radius 3 is 1.55 bits per heavy atom. The van der Waals surface area contributed by atoms with Crippen LogP contribution in [0.1, 0.15) is 219 Å². The van der Waals surface area contributed by atoms with Crippen LogP contribution in [0.15, 0.2) is 257 Å². The minimum atomic E-state index is -0.407. The molecule has 1 amide bonds. The Balaban J connectivity index is 0.000000690. The molecule has 660 valence electrons. The first kappa shape index (κ1) is 110. The van der Waals surface area contributed by atoms with Gasteiger partial charge in [-0.15, -0.1) is 23.1 Å². The highest BCUT2D eigenvalue weighted by Crippen LogP contribution is 2.51. The monoisotopic (exact) mass is 1690 g/mol. The molecular weight excluding hydrogens is 1550 g/mol. The molecule has 0 radical (unpaired) electrons. The zero-order valence-corrected chi connectivity index (χ0v) is 78.1. The van der Waals surface area contributed by atoms with Crippen LogP contribution >= 0.6 is 23.1 Å². The van der Waals surface area contributed by atoms with Crippen molar-refractivity contribution in [2.24, 2.45) is 16.7 Å². The molecule has 0 saturated heterocycles. The Labute approximate surface area is 732 Å². The van der Waals surface area contributed by atoms with Gasteiger partial charge in [0.25, 0.3) is 0 Å². The quantitative estimate of drug-likeness (QED) is 0.0270. The molecule has 3 aromatic heterocycles. The third kappa shape index (κ3) is 34.7. The summed E-state index contributed by atoms with van der Waals surface area (Å²) in [4.78, 5) is 39.8. The molecule has 7 atom stereocenters. The number of fused-ring (bicyclic) bond motifs is 10. The van der Waals surface area contributed by atoms with E-state index in [9.17, 15) is 14.4 Å². The second kappa shape index (κ2) is 61.7. The van der Waals surface area contributed by atoms with Crippen molar-refractivity contribution in [3.05, 3.63) is 281 Å². The number of allylic oxidation sites excluding steroid dienone is 3. The van der Waals surface area contributed by atoms with Crippen molar-refractivity contribution in [1.29, 1.82) is 0 Å². The molecule has 15 nitrogen and oxygen atoms in total. The van der Waals surface area contributed by atoms with Crippen molar-refractivity contribution in [2.45, 2.75) is 202 Å². The average molecular weight is 1690 g/mol. The number of aromatic nitrogens is 1. The van der Waals surface area contributed by atoms with E-state index in [1.165, 1.54) is 84.2 Å². The van der Waals surface area contributed by atoms with Crippen LogP contribution in [0.2, 0.25) is 0 Å². The topological polar surface area (TPSA) is 252 Å². The predicted octanol–water partition coefficient (Wildman–Crippen LogP) is 25.4. The van der Waals surface area contributed by atoms with Gasteiger partial charge < -0.3 is 59.9 Å². The first-order chi connectivity index (χ1) is 58.6. The number of aromatic amines is 1. The van der Waals surface area contributed by atoms with E-state index in [0.29, 0.717) is 47.2 Å². The van der Waals surface area contributed by atoms with Gasteiger partial charge >= 0.3 is 11.9 Å². The molecule has 121 heavy (non-hydrogen) atoms. The number of nitrogens with one attached hydrogen (secondary N) is 2. The number of carbonyl (C=O) groups is 3. The number of para-hydroxylation sites is 4. The highest BCUT2D eigenvalue weighted by atomic mass is 32.2. The highest BCUT2D eigenvalue weighted by Gasteiger charge is 2.33. The molecule has 12 aromatic rings. The number of ether oxygens (including phenoxy) is 2. The fraction of sp³-hybridized carbons (Fsp3) is 0.394. The third-order valence-electron chi connectivity index (χ3n) is 21.3. The number of benzene rings is 9. The summed E-state index contributed by atoms with van der Waals surface area (Å²) in [5.41, 5.74) is 13.1. The smallest absolute Gasteiger partial charge is 0.316 e. The van der Waals surface area contributed by atoms with Crippen molar-refractivity contribution in [3.63, 3.8) is 0 Å². The number of thiophene rings is 1. The molecule has 14 rings (SSSR count). The zero-order valence-electron chi connectivity index (χ0n) is 76.5. The maximum absolute atomic E-state index is 11.7. The number of hydrogen-bond acceptors (Lipinski definition) is 15. The van der Waals surface area contributed by atoms with E-state index in [1.807, 2.05) is 158 Å². The lowest BCUT2D eigenvalue weighted by molar-refractivity contribution is -0.154. The Kier molecular flexibility index (Phi) is 55.9. The highest BCUT2D eigenvalue weighted by molar-refractivity contribution is 8.00. The van der Waals surface area contributed by atoms with Crippen LogP contribution in [0.25, 0.3) is 53.8 Å². The van der Waals surface area contributed by atoms with Crippen LogP contribution in [0.3, 0.4) is 0 Å². The lowest BCUT2D eigenvalue weighted by atomic mass is 9.89. The summed E-state index contributed by atoms with van der Waals surface area (Å²) in [5.74, 6) is 3.66. The van der Waals surface area contributed by atoms with Crippen molar-refractivity contribution >= 4 is 100 Å². The second-order valence-corrected chi connectivity index (χ2v) is 31.7. The first-order valence-electron chi connectivity index (χ1n) is 42.1. The number of aliphatic hydroxyl groups excluding tert-OH is 7. The molecule has 4 heterocycles. The van der Waals surface area contributed by atoms with E-state index >= 15 is 0 Å². The maximum Gasteiger partial charge on any atom is 0.316 e. The van der Waals surface area contributed by atoms with Gasteiger partial charge in [-0.2, -0.15) is 0 Å². The normalized spacial score (nSPS) is 13.3. The summed E-state index contributed by atoms with van der Waals surface area (Å²) in [7, 11) is 7.00. The Bertz CT molecular complexity index is 4820. The Morgan fingerprint density at radius 2 is 0.959 bits per heavy atom. The summed E-state index contributed by atoms with van der Waals surface area (Å²) < 4.78 is 17.8. The van der Waals surface area contributed by atoms with Crippen LogP contribution in [-0.4, -0.2) is 120 Å². The molecule has 0 saturated carbocycles. The largest absolute Gasteiger partial charge is 0.465 e. The summed E-state index contributed by atoms with van der Waals surface area (Å²) in [6.07, 6.45) is 17.1. The average Bonchev–Trinajstić information content (AvgIpc) is 1.62. The molecule has 17 heteroatoms. The van der Waals surface area contributed by atoms with Gasteiger partial charge in [0.2, 0.25) is 5.91 Å². The number of hydrogen-bond donors (Lipinski definition) is 9. The minimum Gasteiger partial charge on any atom is -0.465 e. The van der Waals surface area contributed by atoms with Crippen LogP contribution in [0, 0.1) is 16.7 Å². The zero-order chi connectivity index (χ0) is 91.0. The molecule has 0 fully saturated rings. The molecule has 1 aliphatic heterocycles. The van der Waals surface area contributed by atoms with E-state index in [-0.39, 0.29) is 29.2 Å². The van der Waals surface area contributed by atoms with Gasteiger partial charge in [0.1, 0.15) is 16.9 Å². The van der Waals surface area contributed by atoms with Crippen molar-refractivity contribution in [2.75, 3.05) is 61.7 Å². The summed E-state index contributed by atoms with van der Waals surface area (Å²) in [6.45, 7) is 34.1. The molecule has 1 aliphatic carbocycles. The molecule has 9 N–H and O–H groups in total. The van der Waals surface area contributed by atoms with E-state index < -0.39 is 5.41 Å². The van der Waals surface area contributed by atoms with Gasteiger partial charge in [-0.1, -0.05) is 265 Å². The minimum absolute atomic E-state index is 0.0835. The third-order valence-corrected chi connectivity index (χ3v) is 23.6. The fourth-order valence-electron chi connectivity index (χ4n) is 12.2. The SMILES string of the molecule is CCC(C)(C)C(=O)OCCc1ccccc1.CCC(C)(C)C(=O)Oc1ccccc1.CCC(C)C(=O)Nc1ccccc1.CCC(C)c1ccc2c(c1)oc1ccccc12.CCC(C)c1ccc2sccc2c1.CCC(C)c1cccc2[nH]c3ccccc3c12.CCC(C)c1cccc2c1SC1C=CC=CC21.CO.CO.CO.CO.CO.CO.CO. The summed E-state index contributed by atoms with van der Waals surface area (Å²) in [6, 6.07) is 74.5. The van der Waals surface area contributed by atoms with Crippen LogP contribution < -0.4 is 10.1 Å². The molecule has 0 bridgehead atoms. The second-order valence-electron chi connectivity index (χ2n) is 29.6. The molecular formula is C104H144N2O13S2. The maximum atomic E-state index is 11.7. The number of furan rings is 1. The lowest BCUT2D eigenvalue weighted by Crippen LogP contribution is -2.28. The number of carbonyl (C=O) groups excluding carboxylic acids is 3. The van der Waals surface area contributed by atoms with Crippen molar-refractivity contribution in [3.8, 4) is 5.75 Å². The van der Waals surface area contributed by atoms with E-state index in [0.717, 1.165) is 98.7 Å². The van der Waals surface area contributed by atoms with E-state index in [4.69, 9.17) is 49.6 Å². The first-order valence-corrected chi connectivity index (χ1v) is 43.8. The summed E-state index contributed by atoms with van der Waals surface area (Å²) >= 11 is 3.87. The van der Waals surface area contributed by atoms with Gasteiger partial charge in [0.05, 0.1) is 17.4 Å². The molecule has 2 aliphatic rings. The number of aliphatic hydroxyl groups is 7. The van der Waals surface area contributed by atoms with Crippen molar-refractivity contribution in [1.82, 2.24) is 4.98 Å². The number of anilines is 1. The number of thioether (sulfide) groups is 1. The fourth-order valence-corrected chi connectivity index (χ4v) is 14.5. The Morgan fingerprint density at radius 1 is 0.471 bits per heavy atom. The predicted molar refractivity (Wildman–Crippen MR) is 516 cm³/mol. The summed E-state index contributed by atoms with van der Waals surface area (Å²) in [5, 5.41) is 61.2. The van der Waals surface area contributed by atoms with Gasteiger partial charge in [-0.3, -0.25) is 14.4 Å². The van der Waals surface area contributed by atoms with Gasteiger partial charge in [-0.05, 0) is 201 Å². The standard InChI is InChI=1S/C16H17N.C16H16O.C16H18S.C14H20O2.C12H16O2.C12H14S.C11H15NO.7CH4O/c1-3-11(2)12-8-6-10-15-16(12)13-7-4-5-9-14(13)17-15;1-3-11(2)12-8-9-14-13-6-4-5-7-15(13)17-16(14)10-12;1-3-11(2)12-8-6-9-14-13-7-4-5-10-15(13)17-16(12)14;1-4-14(2,3)13(15)16-11-10-12-8-6-5-7-9-12;1-4-12(2,3)11(13)14-10-8-6-5-7-9-10;1-3-9(2)10-4-5-12-11(8-10)6-7-13-12;1-3-9(2)11(13)12-10-7-5-4-6-8-10;7*1-2/h4-11,17H,3H2,1-2H3;4-11H,3H2,1-2H3;4-11,13,15H,3H2,1-2H3;5-9H,4,10-11H2,1-3H3;5-9H,4H2,1-3H3;4-9H,3H2,1-2H3;4-9H,3H2,1-2H3,(H,12,13);7*2H,1H3. The number of rotatable bonds is 19. The van der Waals surface area contributed by atoms with Crippen LogP contribution in [0.4, 0.5) is 5.69 Å². The Hall–Kier alpha value is -9.50. The van der Waals surface area contributed by atoms with E-state index in [2.05, 4.69) is 222 Å². The van der Waals surface area contributed by atoms with Gasteiger partial charge in [-0.25, -0.2) is 0 Å². The van der Waals surface area contributed by atoms with Gasteiger partial charge in [0, 0.05) is 121 Å². The lowest BCUT2D eigenvalue weighted by Gasteiger charge is -2.20. The number of amides is 1. The van der Waals surface area contributed by atoms with Gasteiger partial charge in [0.15, 0.2) is 0 Å². The van der Waals surface area contributed by atoms with E-state index in [1.54, 1.807) is 28.2 Å². The molecule has 7 unspecified atom stereocenters. The number of H-pyrrole nitrogens is 1. The molecule has 0 spiro atoms. The van der Waals surface area contributed by atoms with Crippen LogP contribution in [-0.2, 0) is 25.5 Å². The van der Waals surface area contributed by atoms with Crippen LogP contribution in [0.5, 0.6) is 5.75 Å².